The lowest BCUT2D eigenvalue weighted by Crippen LogP contribution is -2.55. The number of alkyl carbamates (subject to hydrolysis) is 1. The summed E-state index contributed by atoms with van der Waals surface area (Å²) in [6, 6.07) is 7.45. The molecule has 0 bridgehead atoms. The highest BCUT2D eigenvalue weighted by Crippen LogP contribution is 2.11. The Bertz CT molecular complexity index is 548. The monoisotopic (exact) mass is 340 g/mol. The Morgan fingerprint density at radius 1 is 1.09 bits per heavy atom. The SMILES string of the molecule is CC(C)(C)OC(=O)NC(C)(C)C(=O)NCCc1ccc(Cl)cc1. The summed E-state index contributed by atoms with van der Waals surface area (Å²) in [7, 11) is 0. The molecule has 5 nitrogen and oxygen atoms in total. The maximum atomic E-state index is 12.2. The van der Waals surface area contributed by atoms with E-state index in [2.05, 4.69) is 10.6 Å². The Hall–Kier alpha value is -1.75. The van der Waals surface area contributed by atoms with Crippen molar-refractivity contribution in [1.82, 2.24) is 10.6 Å². The molecular weight excluding hydrogens is 316 g/mol. The number of halogens is 1. The number of rotatable bonds is 5. The highest BCUT2D eigenvalue weighted by Gasteiger charge is 2.31. The van der Waals surface area contributed by atoms with Crippen molar-refractivity contribution in [2.75, 3.05) is 6.54 Å². The molecule has 2 amide bonds. The van der Waals surface area contributed by atoms with E-state index in [0.717, 1.165) is 5.56 Å². The van der Waals surface area contributed by atoms with E-state index >= 15 is 0 Å². The molecule has 23 heavy (non-hydrogen) atoms. The Balaban J connectivity index is 2.45. The lowest BCUT2D eigenvalue weighted by Gasteiger charge is -2.27. The van der Waals surface area contributed by atoms with Crippen molar-refractivity contribution in [2.45, 2.75) is 52.2 Å². The molecule has 0 saturated carbocycles. The van der Waals surface area contributed by atoms with Crippen LogP contribution in [0.2, 0.25) is 5.02 Å². The summed E-state index contributed by atoms with van der Waals surface area (Å²) >= 11 is 5.83. The zero-order valence-corrected chi connectivity index (χ0v) is 15.1. The molecule has 0 aromatic heterocycles. The predicted octanol–water partition coefficient (Wildman–Crippen LogP) is 3.30. The molecule has 0 atom stereocenters. The zero-order valence-electron chi connectivity index (χ0n) is 14.3. The van der Waals surface area contributed by atoms with Crippen LogP contribution >= 0.6 is 11.6 Å². The summed E-state index contributed by atoms with van der Waals surface area (Å²) in [4.78, 5) is 24.0. The molecule has 0 radical (unpaired) electrons. The summed E-state index contributed by atoms with van der Waals surface area (Å²) in [5.74, 6) is -0.266. The second-order valence-corrected chi connectivity index (χ2v) is 7.32. The second-order valence-electron chi connectivity index (χ2n) is 6.88. The van der Waals surface area contributed by atoms with E-state index in [1.54, 1.807) is 34.6 Å². The minimum Gasteiger partial charge on any atom is -0.444 e. The van der Waals surface area contributed by atoms with Crippen LogP contribution in [0, 0.1) is 0 Å². The van der Waals surface area contributed by atoms with Gasteiger partial charge in [-0.25, -0.2) is 4.79 Å². The van der Waals surface area contributed by atoms with Crippen molar-refractivity contribution in [3.8, 4) is 0 Å². The zero-order chi connectivity index (χ0) is 17.7. The third kappa shape index (κ3) is 7.37. The number of carbonyl (C=O) groups excluding carboxylic acids is 2. The first-order chi connectivity index (χ1) is 10.5. The van der Waals surface area contributed by atoms with Gasteiger partial charge in [0.1, 0.15) is 11.1 Å². The van der Waals surface area contributed by atoms with Gasteiger partial charge in [-0.15, -0.1) is 0 Å². The van der Waals surface area contributed by atoms with Gasteiger partial charge in [-0.2, -0.15) is 0 Å². The van der Waals surface area contributed by atoms with Gasteiger partial charge in [0.25, 0.3) is 0 Å². The van der Waals surface area contributed by atoms with E-state index in [0.29, 0.717) is 18.0 Å². The van der Waals surface area contributed by atoms with Crippen LogP contribution in [0.3, 0.4) is 0 Å². The van der Waals surface area contributed by atoms with Crippen LogP contribution in [0.25, 0.3) is 0 Å². The number of benzene rings is 1. The molecule has 1 rings (SSSR count). The number of amides is 2. The number of ether oxygens (including phenoxy) is 1. The van der Waals surface area contributed by atoms with Crippen molar-refractivity contribution in [2.24, 2.45) is 0 Å². The fourth-order valence-electron chi connectivity index (χ4n) is 1.81. The highest BCUT2D eigenvalue weighted by molar-refractivity contribution is 6.30. The molecule has 1 aromatic rings. The standard InChI is InChI=1S/C17H25ClN2O3/c1-16(2,3)23-15(22)20-17(4,5)14(21)19-11-10-12-6-8-13(18)9-7-12/h6-9H,10-11H2,1-5H3,(H,19,21)(H,20,22). The fraction of sp³-hybridized carbons (Fsp3) is 0.529. The first kappa shape index (κ1) is 19.3. The van der Waals surface area contributed by atoms with E-state index in [1.165, 1.54) is 0 Å². The van der Waals surface area contributed by atoms with Crippen molar-refractivity contribution in [3.63, 3.8) is 0 Å². The maximum absolute atomic E-state index is 12.2. The molecule has 0 heterocycles. The van der Waals surface area contributed by atoms with Crippen molar-refractivity contribution in [1.29, 1.82) is 0 Å². The van der Waals surface area contributed by atoms with Crippen molar-refractivity contribution in [3.05, 3.63) is 34.9 Å². The lowest BCUT2D eigenvalue weighted by atomic mass is 10.0. The van der Waals surface area contributed by atoms with Gasteiger partial charge in [-0.1, -0.05) is 23.7 Å². The topological polar surface area (TPSA) is 67.4 Å². The quantitative estimate of drug-likeness (QED) is 0.864. The number of hydrogen-bond donors (Lipinski definition) is 2. The Morgan fingerprint density at radius 2 is 1.65 bits per heavy atom. The van der Waals surface area contributed by atoms with Gasteiger partial charge >= 0.3 is 6.09 Å². The van der Waals surface area contributed by atoms with Gasteiger partial charge in [-0.3, -0.25) is 4.79 Å². The Morgan fingerprint density at radius 3 is 2.17 bits per heavy atom. The summed E-state index contributed by atoms with van der Waals surface area (Å²) in [5, 5.41) is 6.07. The van der Waals surface area contributed by atoms with Crippen LogP contribution in [-0.2, 0) is 16.0 Å². The molecule has 0 unspecified atom stereocenters. The summed E-state index contributed by atoms with van der Waals surface area (Å²) in [5.41, 5.74) is -0.583. The van der Waals surface area contributed by atoms with E-state index in [1.807, 2.05) is 24.3 Å². The lowest BCUT2D eigenvalue weighted by molar-refractivity contribution is -0.126. The molecule has 128 valence electrons. The molecular formula is C17H25ClN2O3. The molecule has 0 spiro atoms. The average Bonchev–Trinajstić information content (AvgIpc) is 2.37. The smallest absolute Gasteiger partial charge is 0.408 e. The molecule has 1 aromatic carbocycles. The molecule has 0 fully saturated rings. The Kier molecular flexibility index (Phi) is 6.45. The largest absolute Gasteiger partial charge is 0.444 e. The van der Waals surface area contributed by atoms with Gasteiger partial charge in [0.15, 0.2) is 0 Å². The minimum absolute atomic E-state index is 0.266. The first-order valence-electron chi connectivity index (χ1n) is 7.53. The molecule has 0 saturated heterocycles. The summed E-state index contributed by atoms with van der Waals surface area (Å²) in [6.07, 6.45) is 0.0705. The summed E-state index contributed by atoms with van der Waals surface area (Å²) in [6.45, 7) is 9.05. The molecule has 6 heteroatoms. The number of carbonyl (C=O) groups is 2. The van der Waals surface area contributed by atoms with Crippen LogP contribution in [-0.4, -0.2) is 29.7 Å². The third-order valence-electron chi connectivity index (χ3n) is 2.99. The first-order valence-corrected chi connectivity index (χ1v) is 7.91. The van der Waals surface area contributed by atoms with Crippen LogP contribution in [0.4, 0.5) is 4.79 Å². The normalized spacial score (nSPS) is 11.7. The minimum atomic E-state index is -1.05. The van der Waals surface area contributed by atoms with Crippen molar-refractivity contribution < 1.29 is 14.3 Å². The molecule has 0 aliphatic carbocycles. The highest BCUT2D eigenvalue weighted by atomic mass is 35.5. The molecule has 0 aliphatic heterocycles. The van der Waals surface area contributed by atoms with Gasteiger partial charge in [-0.05, 0) is 58.7 Å². The maximum Gasteiger partial charge on any atom is 0.408 e. The summed E-state index contributed by atoms with van der Waals surface area (Å²) < 4.78 is 5.17. The second kappa shape index (κ2) is 7.68. The predicted molar refractivity (Wildman–Crippen MR) is 91.6 cm³/mol. The van der Waals surface area contributed by atoms with Gasteiger partial charge in [0.2, 0.25) is 5.91 Å². The van der Waals surface area contributed by atoms with Crippen LogP contribution in [0.15, 0.2) is 24.3 Å². The van der Waals surface area contributed by atoms with Crippen LogP contribution < -0.4 is 10.6 Å². The molecule has 2 N–H and O–H groups in total. The van der Waals surface area contributed by atoms with Gasteiger partial charge < -0.3 is 15.4 Å². The van der Waals surface area contributed by atoms with E-state index in [9.17, 15) is 9.59 Å². The number of hydrogen-bond acceptors (Lipinski definition) is 3. The van der Waals surface area contributed by atoms with Crippen LogP contribution in [0.1, 0.15) is 40.2 Å². The van der Waals surface area contributed by atoms with Crippen LogP contribution in [0.5, 0.6) is 0 Å². The Labute approximate surface area is 142 Å². The van der Waals surface area contributed by atoms with E-state index in [4.69, 9.17) is 16.3 Å². The fourth-order valence-corrected chi connectivity index (χ4v) is 1.93. The van der Waals surface area contributed by atoms with Gasteiger partial charge in [0, 0.05) is 11.6 Å². The molecule has 0 aliphatic rings. The average molecular weight is 341 g/mol. The number of nitrogens with one attached hydrogen (secondary N) is 2. The van der Waals surface area contributed by atoms with Gasteiger partial charge in [0.05, 0.1) is 0 Å². The van der Waals surface area contributed by atoms with E-state index in [-0.39, 0.29) is 5.91 Å². The van der Waals surface area contributed by atoms with E-state index < -0.39 is 17.2 Å². The third-order valence-corrected chi connectivity index (χ3v) is 3.25. The van der Waals surface area contributed by atoms with Crippen molar-refractivity contribution >= 4 is 23.6 Å².